The van der Waals surface area contributed by atoms with Gasteiger partial charge in [-0.05, 0) is 74.2 Å². The average Bonchev–Trinajstić information content (AvgIpc) is 3.02. The Hall–Kier alpha value is -1.24. The molecule has 4 rings (SSSR count). The molecule has 0 bridgehead atoms. The van der Waals surface area contributed by atoms with Gasteiger partial charge >= 0.3 is 0 Å². The van der Waals surface area contributed by atoms with E-state index in [1.165, 1.54) is 5.57 Å². The number of hydrogen-bond donors (Lipinski definition) is 4. The zero-order valence-electron chi connectivity index (χ0n) is 17.4. The van der Waals surface area contributed by atoms with Crippen molar-refractivity contribution >= 4 is 11.5 Å². The average molecular weight is 394 g/mol. The minimum atomic E-state index is -0.762. The minimum absolute atomic E-state index is 0.00920. The SMILES string of the molecule is CC(=O)C1CCC2C3=C/C(=N/O)C4CC(O)C(O)CC4(C)C3CCC12C.CO. The number of aliphatic hydroxyl groups is 3. The molecule has 0 spiro atoms. The lowest BCUT2D eigenvalue weighted by atomic mass is 9.47. The Morgan fingerprint density at radius 3 is 2.29 bits per heavy atom. The van der Waals surface area contributed by atoms with Crippen molar-refractivity contribution in [1.29, 1.82) is 0 Å². The number of oxime groups is 1. The zero-order valence-corrected chi connectivity index (χ0v) is 17.4. The van der Waals surface area contributed by atoms with Gasteiger partial charge in [0.05, 0.1) is 17.9 Å². The van der Waals surface area contributed by atoms with Crippen LogP contribution in [0.25, 0.3) is 0 Å². The fraction of sp³-hybridized carbons (Fsp3) is 0.818. The van der Waals surface area contributed by atoms with Crippen molar-refractivity contribution in [3.8, 4) is 0 Å². The molecular weight excluding hydrogens is 358 g/mol. The highest BCUT2D eigenvalue weighted by Gasteiger charge is 2.60. The summed E-state index contributed by atoms with van der Waals surface area (Å²) in [7, 11) is 1.00. The summed E-state index contributed by atoms with van der Waals surface area (Å²) in [5.74, 6) is 1.04. The fourth-order valence-electron chi connectivity index (χ4n) is 7.19. The van der Waals surface area contributed by atoms with Gasteiger partial charge in [-0.15, -0.1) is 0 Å². The van der Waals surface area contributed by atoms with E-state index in [2.05, 4.69) is 25.1 Å². The van der Waals surface area contributed by atoms with Crippen LogP contribution in [-0.4, -0.2) is 51.3 Å². The summed E-state index contributed by atoms with van der Waals surface area (Å²) in [6.45, 7) is 6.17. The van der Waals surface area contributed by atoms with Crippen molar-refractivity contribution in [1.82, 2.24) is 0 Å². The summed E-state index contributed by atoms with van der Waals surface area (Å²) in [6, 6.07) is 0. The highest BCUT2D eigenvalue weighted by Crippen LogP contribution is 2.65. The lowest BCUT2D eigenvalue weighted by Crippen LogP contribution is -2.56. The minimum Gasteiger partial charge on any atom is -0.411 e. The van der Waals surface area contributed by atoms with E-state index >= 15 is 0 Å². The predicted molar refractivity (Wildman–Crippen MR) is 106 cm³/mol. The van der Waals surface area contributed by atoms with Gasteiger partial charge in [-0.1, -0.05) is 24.6 Å². The fourth-order valence-corrected chi connectivity index (χ4v) is 7.19. The van der Waals surface area contributed by atoms with Gasteiger partial charge in [0.25, 0.3) is 0 Å². The number of allylic oxidation sites excluding steroid dienone is 2. The molecule has 0 aliphatic heterocycles. The van der Waals surface area contributed by atoms with Crippen molar-refractivity contribution in [3.05, 3.63) is 11.6 Å². The standard InChI is InChI=1S/C21H31NO4.CH4O/c1-11(23)13-4-5-14-12-8-17(22-26)16-9-18(24)19(25)10-21(16,3)15(12)6-7-20(13,14)2;1-2/h8,13-16,18-19,24-26H,4-7,9-10H2,1-3H3;2H,1H3/b22-17-;. The van der Waals surface area contributed by atoms with Crippen LogP contribution < -0.4 is 0 Å². The first-order valence-corrected chi connectivity index (χ1v) is 10.5. The van der Waals surface area contributed by atoms with E-state index in [-0.39, 0.29) is 22.7 Å². The van der Waals surface area contributed by atoms with Crippen molar-refractivity contribution in [2.75, 3.05) is 7.11 Å². The van der Waals surface area contributed by atoms with Gasteiger partial charge in [-0.25, -0.2) is 0 Å². The van der Waals surface area contributed by atoms with Gasteiger partial charge in [-0.2, -0.15) is 0 Å². The molecule has 4 N–H and O–H groups in total. The molecule has 3 saturated carbocycles. The van der Waals surface area contributed by atoms with Crippen LogP contribution >= 0.6 is 0 Å². The van der Waals surface area contributed by atoms with E-state index < -0.39 is 12.2 Å². The molecule has 4 aliphatic rings. The number of Topliss-reactive ketones (excluding diaryl/α,β-unsaturated/α-hetero) is 1. The molecule has 28 heavy (non-hydrogen) atoms. The van der Waals surface area contributed by atoms with Crippen LogP contribution in [0.15, 0.2) is 16.8 Å². The summed E-state index contributed by atoms with van der Waals surface area (Å²) in [4.78, 5) is 12.2. The van der Waals surface area contributed by atoms with E-state index in [9.17, 15) is 20.2 Å². The number of carbonyl (C=O) groups excluding carboxylic acids is 1. The Morgan fingerprint density at radius 2 is 1.68 bits per heavy atom. The van der Waals surface area contributed by atoms with Gasteiger partial charge in [0, 0.05) is 18.9 Å². The van der Waals surface area contributed by atoms with E-state index in [0.717, 1.165) is 32.8 Å². The Bertz CT molecular complexity index is 688. The van der Waals surface area contributed by atoms with Gasteiger partial charge < -0.3 is 20.5 Å². The van der Waals surface area contributed by atoms with Gasteiger partial charge in [0.1, 0.15) is 5.78 Å². The third-order valence-corrected chi connectivity index (χ3v) is 8.55. The molecule has 158 valence electrons. The number of hydrogen-bond acceptors (Lipinski definition) is 6. The smallest absolute Gasteiger partial charge is 0.133 e. The first-order valence-electron chi connectivity index (χ1n) is 10.5. The summed E-state index contributed by atoms with van der Waals surface area (Å²) in [5, 5.41) is 40.8. The van der Waals surface area contributed by atoms with E-state index in [0.29, 0.717) is 36.2 Å². The molecule has 8 atom stereocenters. The summed E-state index contributed by atoms with van der Waals surface area (Å²) in [5.41, 5.74) is 1.74. The van der Waals surface area contributed by atoms with Crippen molar-refractivity contribution in [3.63, 3.8) is 0 Å². The molecule has 0 aromatic carbocycles. The van der Waals surface area contributed by atoms with E-state index in [1.807, 2.05) is 0 Å². The zero-order chi connectivity index (χ0) is 20.9. The highest BCUT2D eigenvalue weighted by molar-refractivity contribution is 5.99. The second kappa shape index (κ2) is 7.54. The van der Waals surface area contributed by atoms with Crippen molar-refractivity contribution in [2.45, 2.75) is 71.5 Å². The van der Waals surface area contributed by atoms with Crippen LogP contribution in [0.3, 0.4) is 0 Å². The maximum absolute atomic E-state index is 12.2. The Balaban J connectivity index is 0.00000109. The van der Waals surface area contributed by atoms with E-state index in [4.69, 9.17) is 5.11 Å². The summed E-state index contributed by atoms with van der Waals surface area (Å²) < 4.78 is 0. The van der Waals surface area contributed by atoms with Crippen LogP contribution in [0.2, 0.25) is 0 Å². The molecule has 0 radical (unpaired) electrons. The number of carbonyl (C=O) groups is 1. The lowest BCUT2D eigenvalue weighted by Gasteiger charge is -2.57. The maximum atomic E-state index is 12.2. The summed E-state index contributed by atoms with van der Waals surface area (Å²) >= 11 is 0. The Labute approximate surface area is 167 Å². The predicted octanol–water partition coefficient (Wildman–Crippen LogP) is 2.53. The van der Waals surface area contributed by atoms with Gasteiger partial charge in [0.2, 0.25) is 0 Å². The first-order chi connectivity index (χ1) is 13.2. The van der Waals surface area contributed by atoms with E-state index in [1.54, 1.807) is 6.92 Å². The van der Waals surface area contributed by atoms with Gasteiger partial charge in [-0.3, -0.25) is 4.79 Å². The normalized spacial score (nSPS) is 48.5. The number of fused-ring (bicyclic) bond motifs is 5. The molecule has 0 heterocycles. The Morgan fingerprint density at radius 1 is 1.04 bits per heavy atom. The second-order valence-corrected chi connectivity index (χ2v) is 9.69. The molecule has 4 aliphatic carbocycles. The third kappa shape index (κ3) is 2.96. The maximum Gasteiger partial charge on any atom is 0.133 e. The Kier molecular flexibility index (Phi) is 5.78. The number of aliphatic hydroxyl groups excluding tert-OH is 3. The van der Waals surface area contributed by atoms with Crippen LogP contribution in [0, 0.1) is 34.5 Å². The summed E-state index contributed by atoms with van der Waals surface area (Å²) in [6.07, 6.45) is 5.51. The second-order valence-electron chi connectivity index (χ2n) is 9.69. The van der Waals surface area contributed by atoms with Crippen LogP contribution in [0.4, 0.5) is 0 Å². The lowest BCUT2D eigenvalue weighted by molar-refractivity contribution is -0.125. The molecule has 8 unspecified atom stereocenters. The molecule has 6 nitrogen and oxygen atoms in total. The third-order valence-electron chi connectivity index (χ3n) is 8.55. The largest absolute Gasteiger partial charge is 0.411 e. The van der Waals surface area contributed by atoms with Gasteiger partial charge in [0.15, 0.2) is 0 Å². The quantitative estimate of drug-likeness (QED) is 0.404. The van der Waals surface area contributed by atoms with Crippen LogP contribution in [0.1, 0.15) is 59.3 Å². The number of rotatable bonds is 1. The molecule has 0 aromatic rings. The molecule has 0 saturated heterocycles. The molecular formula is C22H35NO5. The van der Waals surface area contributed by atoms with Crippen LogP contribution in [-0.2, 0) is 4.79 Å². The molecule has 6 heteroatoms. The monoisotopic (exact) mass is 393 g/mol. The number of nitrogens with zero attached hydrogens (tertiary/aromatic N) is 1. The highest BCUT2D eigenvalue weighted by atomic mass is 16.4. The first kappa shape index (κ1) is 21.5. The molecule has 0 amide bonds. The van der Waals surface area contributed by atoms with Crippen molar-refractivity contribution in [2.24, 2.45) is 39.7 Å². The van der Waals surface area contributed by atoms with Crippen LogP contribution in [0.5, 0.6) is 0 Å². The molecule has 3 fully saturated rings. The van der Waals surface area contributed by atoms with Crippen molar-refractivity contribution < 1.29 is 25.3 Å². The molecule has 0 aromatic heterocycles. The topological polar surface area (TPSA) is 110 Å². The number of ketones is 1.